The number of carboxylic acid groups (broad SMARTS) is 1. The van der Waals surface area contributed by atoms with Gasteiger partial charge in [-0.05, 0) is 17.7 Å². The van der Waals surface area contributed by atoms with Gasteiger partial charge in [-0.3, -0.25) is 9.78 Å². The van der Waals surface area contributed by atoms with E-state index in [0.29, 0.717) is 5.56 Å². The fraction of sp³-hybridized carbons (Fsp3) is 0.261. The van der Waals surface area contributed by atoms with Crippen LogP contribution in [-0.2, 0) is 21.2 Å². The van der Waals surface area contributed by atoms with Gasteiger partial charge in [0.25, 0.3) is 15.9 Å². The lowest BCUT2D eigenvalue weighted by Gasteiger charge is -2.19. The summed E-state index contributed by atoms with van der Waals surface area (Å²) in [5, 5.41) is 14.9. The smallest absolute Gasteiger partial charge is 0.326 e. The van der Waals surface area contributed by atoms with Crippen LogP contribution in [0.2, 0.25) is 20.1 Å². The molecule has 39 heavy (non-hydrogen) atoms. The highest BCUT2D eigenvalue weighted by atomic mass is 35.5. The zero-order chi connectivity index (χ0) is 28.9. The van der Waals surface area contributed by atoms with Gasteiger partial charge in [0.1, 0.15) is 18.2 Å². The highest BCUT2D eigenvalue weighted by molar-refractivity contribution is 7.89. The molecule has 0 bridgehead atoms. The third kappa shape index (κ3) is 7.27. The van der Waals surface area contributed by atoms with Gasteiger partial charge in [0.05, 0.1) is 31.3 Å². The third-order valence-electron chi connectivity index (χ3n) is 5.43. The van der Waals surface area contributed by atoms with Crippen molar-refractivity contribution in [2.45, 2.75) is 31.3 Å². The molecule has 3 N–H and O–H groups in total. The van der Waals surface area contributed by atoms with Crippen molar-refractivity contribution < 1.29 is 23.1 Å². The van der Waals surface area contributed by atoms with Crippen LogP contribution in [0.1, 0.15) is 29.8 Å². The minimum Gasteiger partial charge on any atom is -0.480 e. The summed E-state index contributed by atoms with van der Waals surface area (Å²) < 4.78 is 26.8. The molecule has 11 nitrogen and oxygen atoms in total. The van der Waals surface area contributed by atoms with E-state index in [1.165, 1.54) is 28.8 Å². The van der Waals surface area contributed by atoms with Crippen LogP contribution < -0.4 is 10.6 Å². The van der Waals surface area contributed by atoms with Gasteiger partial charge in [0.15, 0.2) is 5.03 Å². The number of aliphatic carboxylic acids is 1. The van der Waals surface area contributed by atoms with Crippen LogP contribution in [0.4, 0.5) is 11.5 Å². The first-order valence-electron chi connectivity index (χ1n) is 11.3. The van der Waals surface area contributed by atoms with Gasteiger partial charge in [0, 0.05) is 38.0 Å². The Bertz CT molecular complexity index is 1460. The number of carbonyl (C=O) groups excluding carboxylic acids is 1. The first-order chi connectivity index (χ1) is 18.4. The molecule has 0 aliphatic rings. The number of amides is 1. The van der Waals surface area contributed by atoms with Crippen LogP contribution in [0.5, 0.6) is 0 Å². The largest absolute Gasteiger partial charge is 0.480 e. The topological polar surface area (TPSA) is 154 Å². The molecule has 0 aliphatic carbocycles. The molecule has 2 aromatic heterocycles. The van der Waals surface area contributed by atoms with Crippen LogP contribution >= 0.6 is 46.4 Å². The highest BCUT2D eigenvalue weighted by Gasteiger charge is 2.26. The summed E-state index contributed by atoms with van der Waals surface area (Å²) in [6, 6.07) is 2.79. The molecule has 0 saturated carbocycles. The molecule has 2 heterocycles. The molecule has 1 atom stereocenters. The summed E-state index contributed by atoms with van der Waals surface area (Å²) in [6.07, 6.45) is 3.43. The number of rotatable bonds is 11. The maximum absolute atomic E-state index is 12.8. The molecule has 1 amide bonds. The van der Waals surface area contributed by atoms with Gasteiger partial charge in [-0.15, -0.1) is 0 Å². The van der Waals surface area contributed by atoms with Crippen molar-refractivity contribution in [2.24, 2.45) is 0 Å². The number of carbonyl (C=O) groups is 2. The molecule has 16 heteroatoms. The first-order valence-corrected chi connectivity index (χ1v) is 14.2. The first kappa shape index (κ1) is 30.8. The van der Waals surface area contributed by atoms with E-state index in [9.17, 15) is 23.1 Å². The molecule has 0 aliphatic heterocycles. The molecule has 3 rings (SSSR count). The Balaban J connectivity index is 1.82. The molecule has 0 saturated heterocycles. The number of anilines is 2. The van der Waals surface area contributed by atoms with E-state index in [-0.39, 0.29) is 61.7 Å². The molecule has 1 aromatic carbocycles. The molecular formula is C23H22Cl4N6O5S. The van der Waals surface area contributed by atoms with Crippen molar-refractivity contribution in [3.8, 4) is 0 Å². The molecule has 3 aromatic rings. The van der Waals surface area contributed by atoms with E-state index >= 15 is 0 Å². The lowest BCUT2D eigenvalue weighted by molar-refractivity contribution is -0.137. The fourth-order valence-electron chi connectivity index (χ4n) is 3.54. The Morgan fingerprint density at radius 2 is 1.56 bits per heavy atom. The lowest BCUT2D eigenvalue weighted by atomic mass is 10.1. The zero-order valence-corrected chi connectivity index (χ0v) is 24.3. The predicted octanol–water partition coefficient (Wildman–Crippen LogP) is 4.88. The van der Waals surface area contributed by atoms with E-state index in [2.05, 4.69) is 25.6 Å². The van der Waals surface area contributed by atoms with E-state index in [4.69, 9.17) is 46.4 Å². The minimum atomic E-state index is -3.88. The van der Waals surface area contributed by atoms with Gasteiger partial charge in [-0.2, -0.15) is 4.31 Å². The summed E-state index contributed by atoms with van der Waals surface area (Å²) in [4.78, 5) is 36.3. The van der Waals surface area contributed by atoms with E-state index < -0.39 is 27.9 Å². The number of hydrogen-bond acceptors (Lipinski definition) is 8. The van der Waals surface area contributed by atoms with Gasteiger partial charge in [0.2, 0.25) is 0 Å². The second kappa shape index (κ2) is 13.1. The van der Waals surface area contributed by atoms with Crippen molar-refractivity contribution >= 4 is 79.8 Å². The van der Waals surface area contributed by atoms with Gasteiger partial charge >= 0.3 is 5.97 Å². The summed E-state index contributed by atoms with van der Waals surface area (Å²) >= 11 is 24.8. The number of nitrogens with zero attached hydrogens (tertiary/aromatic N) is 4. The van der Waals surface area contributed by atoms with Crippen molar-refractivity contribution in [2.75, 3.05) is 23.7 Å². The number of nitrogens with one attached hydrogen (secondary N) is 2. The Hall–Kier alpha value is -2.74. The van der Waals surface area contributed by atoms with Crippen LogP contribution in [0.3, 0.4) is 0 Å². The Morgan fingerprint density at radius 1 is 0.974 bits per heavy atom. The normalized spacial score (nSPS) is 12.3. The molecule has 0 radical (unpaired) electrons. The molecule has 0 unspecified atom stereocenters. The number of aromatic nitrogens is 3. The van der Waals surface area contributed by atoms with Crippen molar-refractivity contribution in [1.82, 2.24) is 19.3 Å². The number of halogens is 4. The zero-order valence-electron chi connectivity index (χ0n) is 20.5. The average Bonchev–Trinajstić information content (AvgIpc) is 2.86. The van der Waals surface area contributed by atoms with Crippen LogP contribution in [0, 0.1) is 0 Å². The molecular weight excluding hydrogens is 614 g/mol. The Kier molecular flexibility index (Phi) is 10.3. The monoisotopic (exact) mass is 634 g/mol. The number of sulfonamides is 1. The van der Waals surface area contributed by atoms with Crippen molar-refractivity contribution in [1.29, 1.82) is 0 Å². The summed E-state index contributed by atoms with van der Waals surface area (Å²) in [5.74, 6) is -1.92. The van der Waals surface area contributed by atoms with Crippen molar-refractivity contribution in [3.05, 3.63) is 68.1 Å². The number of pyridine rings is 1. The third-order valence-corrected chi connectivity index (χ3v) is 8.55. The van der Waals surface area contributed by atoms with Gasteiger partial charge in [-0.25, -0.2) is 23.2 Å². The van der Waals surface area contributed by atoms with E-state index in [1.807, 2.05) is 0 Å². The SMILES string of the molecule is CCN(CC)S(=O)(=O)c1cc(N[C@@H](Cc2cc(Cl)c(NC(=O)c3c(Cl)cncc3Cl)c(Cl)c2)C(=O)O)ncn1. The number of carboxylic acids is 1. The maximum Gasteiger partial charge on any atom is 0.326 e. The summed E-state index contributed by atoms with van der Waals surface area (Å²) in [7, 11) is -3.88. The van der Waals surface area contributed by atoms with E-state index in [0.717, 1.165) is 12.4 Å². The maximum atomic E-state index is 12.8. The standard InChI is InChI=1S/C23H22Cl4N6O5S/c1-3-33(4-2)39(37,38)19-8-18(29-11-30-19)31-17(23(35)36)7-12-5-13(24)21(14(25)6-12)32-22(34)20-15(26)9-28-10-16(20)27/h5-6,8-11,17H,3-4,7H2,1-2H3,(H,32,34)(H,35,36)(H,29,30,31)/t17-/m0/s1. The van der Waals surface area contributed by atoms with Crippen molar-refractivity contribution in [3.63, 3.8) is 0 Å². The van der Waals surface area contributed by atoms with Gasteiger partial charge < -0.3 is 15.7 Å². The average molecular weight is 636 g/mol. The van der Waals surface area contributed by atoms with Gasteiger partial charge in [-0.1, -0.05) is 60.3 Å². The molecule has 208 valence electrons. The van der Waals surface area contributed by atoms with Crippen LogP contribution in [-0.4, -0.2) is 63.8 Å². The Labute approximate surface area is 244 Å². The Morgan fingerprint density at radius 3 is 2.10 bits per heavy atom. The van der Waals surface area contributed by atoms with Crippen LogP contribution in [0.15, 0.2) is 41.9 Å². The highest BCUT2D eigenvalue weighted by Crippen LogP contribution is 2.34. The lowest BCUT2D eigenvalue weighted by Crippen LogP contribution is -2.33. The second-order valence-corrected chi connectivity index (χ2v) is 11.5. The van der Waals surface area contributed by atoms with Crippen LogP contribution in [0.25, 0.3) is 0 Å². The second-order valence-electron chi connectivity index (χ2n) is 7.94. The molecule has 0 fully saturated rings. The summed E-state index contributed by atoms with van der Waals surface area (Å²) in [5.41, 5.74) is 0.456. The van der Waals surface area contributed by atoms with E-state index in [1.54, 1.807) is 13.8 Å². The minimum absolute atomic E-state index is 0.00434. The number of hydrogen-bond donors (Lipinski definition) is 3. The number of benzene rings is 1. The fourth-order valence-corrected chi connectivity index (χ4v) is 6.09. The molecule has 0 spiro atoms. The predicted molar refractivity (Wildman–Crippen MR) is 150 cm³/mol. The quantitative estimate of drug-likeness (QED) is 0.250. The summed E-state index contributed by atoms with van der Waals surface area (Å²) in [6.45, 7) is 3.87.